The predicted molar refractivity (Wildman–Crippen MR) is 123 cm³/mol. The average Bonchev–Trinajstić information content (AvgIpc) is 3.03. The van der Waals surface area contributed by atoms with E-state index in [1.54, 1.807) is 37.3 Å². The van der Waals surface area contributed by atoms with E-state index in [0.717, 1.165) is 0 Å². The third-order valence-electron chi connectivity index (χ3n) is 6.20. The molecule has 2 atom stereocenters. The Labute approximate surface area is 198 Å². The van der Waals surface area contributed by atoms with Gasteiger partial charge in [0.2, 0.25) is 11.8 Å². The van der Waals surface area contributed by atoms with E-state index in [2.05, 4.69) is 10.6 Å². The van der Waals surface area contributed by atoms with Crippen molar-refractivity contribution < 1.29 is 18.4 Å². The van der Waals surface area contributed by atoms with Crippen LogP contribution in [0.4, 0.5) is 14.5 Å². The van der Waals surface area contributed by atoms with Gasteiger partial charge in [-0.25, -0.2) is 8.78 Å². The molecule has 2 aliphatic heterocycles. The smallest absolute Gasteiger partial charge is 0.244 e. The van der Waals surface area contributed by atoms with Gasteiger partial charge in [0.25, 0.3) is 0 Å². The Morgan fingerprint density at radius 1 is 1.00 bits per heavy atom. The molecule has 2 N–H and O–H groups in total. The number of fused-ring (bicyclic) bond motifs is 2. The summed E-state index contributed by atoms with van der Waals surface area (Å²) < 4.78 is 29.1. The molecule has 0 saturated heterocycles. The summed E-state index contributed by atoms with van der Waals surface area (Å²) in [5.41, 5.74) is 0.884. The zero-order valence-electron chi connectivity index (χ0n) is 17.2. The van der Waals surface area contributed by atoms with Crippen molar-refractivity contribution in [2.45, 2.75) is 18.4 Å². The van der Waals surface area contributed by atoms with Crippen LogP contribution in [0.2, 0.25) is 10.0 Å². The number of halogens is 4. The van der Waals surface area contributed by atoms with Crippen LogP contribution in [0.15, 0.2) is 60.7 Å². The number of carbonyl (C=O) groups is 2. The molecule has 166 valence electrons. The molecular formula is C25H16Cl2F2N2O2. The molecule has 0 aromatic heterocycles. The van der Waals surface area contributed by atoms with Crippen molar-refractivity contribution in [3.63, 3.8) is 0 Å². The first-order chi connectivity index (χ1) is 15.7. The van der Waals surface area contributed by atoms with Gasteiger partial charge in [0.15, 0.2) is 0 Å². The van der Waals surface area contributed by atoms with Crippen molar-refractivity contribution in [2.24, 2.45) is 0 Å². The summed E-state index contributed by atoms with van der Waals surface area (Å²) in [6, 6.07) is 12.3. The Morgan fingerprint density at radius 2 is 1.79 bits per heavy atom. The Bertz CT molecular complexity index is 1390. The number of carbonyl (C=O) groups excluding carboxylic acids is 2. The van der Waals surface area contributed by atoms with Gasteiger partial charge in [0.05, 0.1) is 11.1 Å². The molecule has 0 fully saturated rings. The molecular weight excluding hydrogens is 469 g/mol. The normalized spacial score (nSPS) is 21.5. The van der Waals surface area contributed by atoms with Gasteiger partial charge in [-0.05, 0) is 65.6 Å². The average molecular weight is 485 g/mol. The molecule has 0 unspecified atom stereocenters. The Morgan fingerprint density at radius 3 is 2.55 bits per heavy atom. The molecule has 4 nitrogen and oxygen atoms in total. The summed E-state index contributed by atoms with van der Waals surface area (Å²) in [6.45, 7) is 1.75. The van der Waals surface area contributed by atoms with Gasteiger partial charge in [0, 0.05) is 22.3 Å². The topological polar surface area (TPSA) is 58.2 Å². The van der Waals surface area contributed by atoms with Crippen molar-refractivity contribution in [1.29, 1.82) is 0 Å². The fraction of sp³-hybridized carbons (Fsp3) is 0.120. The van der Waals surface area contributed by atoms with Crippen molar-refractivity contribution in [3.05, 3.63) is 105 Å². The van der Waals surface area contributed by atoms with Gasteiger partial charge in [-0.2, -0.15) is 0 Å². The van der Waals surface area contributed by atoms with Crippen molar-refractivity contribution in [2.75, 3.05) is 5.32 Å². The van der Waals surface area contributed by atoms with E-state index in [0.29, 0.717) is 33.0 Å². The number of benzene rings is 3. The largest absolute Gasteiger partial charge is 0.344 e. The minimum absolute atomic E-state index is 0.155. The quantitative estimate of drug-likeness (QED) is 0.488. The molecule has 0 saturated carbocycles. The minimum Gasteiger partial charge on any atom is -0.344 e. The molecule has 5 rings (SSSR count). The highest BCUT2D eigenvalue weighted by atomic mass is 35.5. The summed E-state index contributed by atoms with van der Waals surface area (Å²) >= 11 is 12.2. The maximum atomic E-state index is 14.7. The highest BCUT2D eigenvalue weighted by Gasteiger charge is 2.58. The number of aryl methyl sites for hydroxylation is 1. The summed E-state index contributed by atoms with van der Waals surface area (Å²) in [4.78, 5) is 26.6. The molecule has 3 aromatic rings. The zero-order valence-corrected chi connectivity index (χ0v) is 18.7. The Hall–Kier alpha value is -3.22. The van der Waals surface area contributed by atoms with E-state index >= 15 is 0 Å². The third-order valence-corrected chi connectivity index (χ3v) is 6.72. The second kappa shape index (κ2) is 7.68. The fourth-order valence-corrected chi connectivity index (χ4v) is 5.12. The molecule has 3 aromatic carbocycles. The lowest BCUT2D eigenvalue weighted by Gasteiger charge is -2.42. The van der Waals surface area contributed by atoms with E-state index < -0.39 is 34.9 Å². The molecule has 1 spiro atoms. The van der Waals surface area contributed by atoms with Crippen molar-refractivity contribution in [3.8, 4) is 0 Å². The first-order valence-corrected chi connectivity index (χ1v) is 10.8. The van der Waals surface area contributed by atoms with Gasteiger partial charge in [-0.15, -0.1) is 0 Å². The highest BCUT2D eigenvalue weighted by Crippen LogP contribution is 2.56. The van der Waals surface area contributed by atoms with Crippen LogP contribution in [0.5, 0.6) is 0 Å². The van der Waals surface area contributed by atoms with Crippen LogP contribution in [0, 0.1) is 18.6 Å². The van der Waals surface area contributed by atoms with Crippen LogP contribution < -0.4 is 10.6 Å². The monoisotopic (exact) mass is 484 g/mol. The number of rotatable bonds is 2. The summed E-state index contributed by atoms with van der Waals surface area (Å²) in [5.74, 6) is -2.22. The van der Waals surface area contributed by atoms with Crippen LogP contribution in [0.1, 0.15) is 28.3 Å². The first kappa shape index (κ1) is 21.6. The summed E-state index contributed by atoms with van der Waals surface area (Å²) in [7, 11) is 0. The van der Waals surface area contributed by atoms with Crippen molar-refractivity contribution >= 4 is 46.3 Å². The third kappa shape index (κ3) is 3.24. The van der Waals surface area contributed by atoms with E-state index in [4.69, 9.17) is 23.2 Å². The Kier molecular flexibility index (Phi) is 5.03. The van der Waals surface area contributed by atoms with Crippen molar-refractivity contribution in [1.82, 2.24) is 5.32 Å². The molecule has 0 aliphatic carbocycles. The fourth-order valence-electron chi connectivity index (χ4n) is 4.77. The van der Waals surface area contributed by atoms with Crippen LogP contribution in [0.3, 0.4) is 0 Å². The van der Waals surface area contributed by atoms with Gasteiger partial charge in [-0.1, -0.05) is 41.4 Å². The zero-order chi connectivity index (χ0) is 23.5. The molecule has 33 heavy (non-hydrogen) atoms. The standard InChI is InChI=1S/C25H16Cl2F2N2O2/c1-12-5-6-15(28)8-16(12)23-25(18-9-20(29)19(27)11-21(18)30-24(25)33)17(10-22(32)31-23)13-3-2-4-14(26)7-13/h2-11,23H,1H3,(H,30,33)(H,31,32)/t23-,25-/m1/s1. The van der Waals surface area contributed by atoms with Gasteiger partial charge >= 0.3 is 0 Å². The lowest BCUT2D eigenvalue weighted by Crippen LogP contribution is -2.52. The van der Waals surface area contributed by atoms with E-state index in [1.807, 2.05) is 0 Å². The number of amides is 2. The van der Waals surface area contributed by atoms with Gasteiger partial charge in [0.1, 0.15) is 17.0 Å². The first-order valence-electron chi connectivity index (χ1n) is 10.1. The maximum absolute atomic E-state index is 14.7. The summed E-state index contributed by atoms with van der Waals surface area (Å²) in [5, 5.41) is 5.84. The minimum atomic E-state index is -1.60. The van der Waals surface area contributed by atoms with E-state index in [-0.39, 0.29) is 10.6 Å². The predicted octanol–water partition coefficient (Wildman–Crippen LogP) is 5.72. The van der Waals surface area contributed by atoms with Gasteiger partial charge in [-0.3, -0.25) is 9.59 Å². The number of hydrogen-bond acceptors (Lipinski definition) is 2. The Balaban J connectivity index is 1.89. The summed E-state index contributed by atoms with van der Waals surface area (Å²) in [6.07, 6.45) is 1.30. The number of anilines is 1. The molecule has 2 amide bonds. The van der Waals surface area contributed by atoms with E-state index in [9.17, 15) is 18.4 Å². The molecule has 0 bridgehead atoms. The molecule has 0 radical (unpaired) electrons. The van der Waals surface area contributed by atoms with Crippen LogP contribution in [-0.4, -0.2) is 11.8 Å². The van der Waals surface area contributed by atoms with Crippen LogP contribution >= 0.6 is 23.2 Å². The number of nitrogens with one attached hydrogen (secondary N) is 2. The van der Waals surface area contributed by atoms with Crippen LogP contribution in [0.25, 0.3) is 5.57 Å². The van der Waals surface area contributed by atoms with E-state index in [1.165, 1.54) is 30.3 Å². The second-order valence-corrected chi connectivity index (χ2v) is 8.93. The SMILES string of the molecule is Cc1ccc(F)cc1[C@H]1NC(=O)C=C(c2cccc(Cl)c2)[C@]12C(=O)Nc1cc(Cl)c(F)cc12. The molecule has 2 aliphatic rings. The second-order valence-electron chi connectivity index (χ2n) is 8.08. The maximum Gasteiger partial charge on any atom is 0.244 e. The van der Waals surface area contributed by atoms with Crippen LogP contribution in [-0.2, 0) is 15.0 Å². The lowest BCUT2D eigenvalue weighted by atomic mass is 9.63. The number of hydrogen-bond donors (Lipinski definition) is 2. The lowest BCUT2D eigenvalue weighted by molar-refractivity contribution is -0.122. The van der Waals surface area contributed by atoms with Gasteiger partial charge < -0.3 is 10.6 Å². The highest BCUT2D eigenvalue weighted by molar-refractivity contribution is 6.32. The molecule has 2 heterocycles. The molecule has 8 heteroatoms.